The van der Waals surface area contributed by atoms with Crippen LogP contribution in [-0.4, -0.2) is 36.5 Å². The zero-order valence-electron chi connectivity index (χ0n) is 12.1. The van der Waals surface area contributed by atoms with Gasteiger partial charge in [0.05, 0.1) is 6.54 Å². The van der Waals surface area contributed by atoms with E-state index in [-0.39, 0.29) is 30.9 Å². The molecule has 0 atom stereocenters. The van der Waals surface area contributed by atoms with Gasteiger partial charge in [-0.15, -0.1) is 0 Å². The number of alkyl halides is 3. The van der Waals surface area contributed by atoms with E-state index in [1.54, 1.807) is 13.8 Å². The molecule has 1 aromatic rings. The molecule has 0 saturated carbocycles. The fourth-order valence-electron chi connectivity index (χ4n) is 2.01. The molecule has 0 bridgehead atoms. The number of ketones is 1. The summed E-state index contributed by atoms with van der Waals surface area (Å²) in [5.74, 6) is -0.835. The minimum absolute atomic E-state index is 0.0156. The molecule has 0 radical (unpaired) electrons. The van der Waals surface area contributed by atoms with Crippen molar-refractivity contribution in [3.8, 4) is 0 Å². The number of rotatable bonds is 7. The molecule has 0 amide bonds. The van der Waals surface area contributed by atoms with Gasteiger partial charge in [-0.3, -0.25) is 9.69 Å². The zero-order chi connectivity index (χ0) is 16.0. The van der Waals surface area contributed by atoms with Crippen molar-refractivity contribution in [2.45, 2.75) is 32.9 Å². The summed E-state index contributed by atoms with van der Waals surface area (Å²) in [6, 6.07) is 4.11. The summed E-state index contributed by atoms with van der Waals surface area (Å²) < 4.78 is 50.6. The van der Waals surface area contributed by atoms with Gasteiger partial charge in [0.15, 0.2) is 5.78 Å². The van der Waals surface area contributed by atoms with Crippen molar-refractivity contribution in [2.75, 3.05) is 19.6 Å². The van der Waals surface area contributed by atoms with E-state index >= 15 is 0 Å². The largest absolute Gasteiger partial charge is 0.401 e. The Morgan fingerprint density at radius 3 is 2.43 bits per heavy atom. The Morgan fingerprint density at radius 1 is 1.24 bits per heavy atom. The van der Waals surface area contributed by atoms with Crippen LogP contribution in [0.3, 0.4) is 0 Å². The van der Waals surface area contributed by atoms with Crippen LogP contribution in [0.4, 0.5) is 17.6 Å². The summed E-state index contributed by atoms with van der Waals surface area (Å²) in [6.45, 7) is 2.61. The standard InChI is InChI=1S/C15H19F4NO/c1-3-7-20(10-15(17,18)19)8-6-14(21)12-5-4-11(2)13(16)9-12/h4-5,9H,3,6-8,10H2,1-2H3. The van der Waals surface area contributed by atoms with Crippen molar-refractivity contribution in [1.29, 1.82) is 0 Å². The minimum atomic E-state index is -4.28. The van der Waals surface area contributed by atoms with Gasteiger partial charge in [0, 0.05) is 18.5 Å². The fraction of sp³-hybridized carbons (Fsp3) is 0.533. The van der Waals surface area contributed by atoms with Crippen molar-refractivity contribution in [2.24, 2.45) is 0 Å². The third kappa shape index (κ3) is 6.25. The van der Waals surface area contributed by atoms with Gasteiger partial charge in [0.25, 0.3) is 0 Å². The Labute approximate surface area is 121 Å². The molecule has 0 aromatic heterocycles. The Hall–Kier alpha value is -1.43. The highest BCUT2D eigenvalue weighted by Gasteiger charge is 2.30. The van der Waals surface area contributed by atoms with Gasteiger partial charge in [0.1, 0.15) is 5.82 Å². The highest BCUT2D eigenvalue weighted by atomic mass is 19.4. The number of aryl methyl sites for hydroxylation is 1. The number of halogens is 4. The number of hydrogen-bond acceptors (Lipinski definition) is 2. The quantitative estimate of drug-likeness (QED) is 0.561. The molecule has 118 valence electrons. The normalized spacial score (nSPS) is 12.0. The minimum Gasteiger partial charge on any atom is -0.295 e. The molecule has 1 rings (SSSR count). The van der Waals surface area contributed by atoms with Crippen molar-refractivity contribution in [3.63, 3.8) is 0 Å². The molecular formula is C15H19F4NO. The van der Waals surface area contributed by atoms with Gasteiger partial charge in [-0.2, -0.15) is 13.2 Å². The van der Waals surface area contributed by atoms with E-state index in [0.29, 0.717) is 12.0 Å². The highest BCUT2D eigenvalue weighted by molar-refractivity contribution is 5.96. The third-order valence-electron chi connectivity index (χ3n) is 3.09. The number of hydrogen-bond donors (Lipinski definition) is 0. The van der Waals surface area contributed by atoms with Gasteiger partial charge in [-0.1, -0.05) is 19.1 Å². The van der Waals surface area contributed by atoms with Crippen molar-refractivity contribution < 1.29 is 22.4 Å². The second-order valence-electron chi connectivity index (χ2n) is 5.03. The Morgan fingerprint density at radius 2 is 1.90 bits per heavy atom. The fourth-order valence-corrected chi connectivity index (χ4v) is 2.01. The Kier molecular flexibility index (Phi) is 6.33. The van der Waals surface area contributed by atoms with Crippen LogP contribution in [0.25, 0.3) is 0 Å². The van der Waals surface area contributed by atoms with Crippen LogP contribution in [0, 0.1) is 12.7 Å². The molecule has 0 unspecified atom stereocenters. The van der Waals surface area contributed by atoms with Crippen molar-refractivity contribution in [1.82, 2.24) is 4.90 Å². The molecule has 0 aliphatic rings. The molecular weight excluding hydrogens is 286 g/mol. The highest BCUT2D eigenvalue weighted by Crippen LogP contribution is 2.17. The van der Waals surface area contributed by atoms with E-state index in [9.17, 15) is 22.4 Å². The Bertz CT molecular complexity index is 485. The van der Waals surface area contributed by atoms with E-state index < -0.39 is 18.5 Å². The first kappa shape index (κ1) is 17.6. The molecule has 1 aromatic carbocycles. The van der Waals surface area contributed by atoms with Gasteiger partial charge in [-0.25, -0.2) is 4.39 Å². The summed E-state index contributed by atoms with van der Waals surface area (Å²) in [6.07, 6.45) is -3.77. The maximum atomic E-state index is 13.4. The van der Waals surface area contributed by atoms with Crippen LogP contribution in [0.2, 0.25) is 0 Å². The molecule has 21 heavy (non-hydrogen) atoms. The van der Waals surface area contributed by atoms with Crippen LogP contribution >= 0.6 is 0 Å². The van der Waals surface area contributed by atoms with Crippen molar-refractivity contribution in [3.05, 3.63) is 35.1 Å². The second-order valence-corrected chi connectivity index (χ2v) is 5.03. The van der Waals surface area contributed by atoms with Gasteiger partial charge >= 0.3 is 6.18 Å². The Balaban J connectivity index is 2.62. The molecule has 0 fully saturated rings. The van der Waals surface area contributed by atoms with Crippen LogP contribution in [0.15, 0.2) is 18.2 Å². The monoisotopic (exact) mass is 305 g/mol. The molecule has 0 spiro atoms. The lowest BCUT2D eigenvalue weighted by atomic mass is 10.1. The van der Waals surface area contributed by atoms with E-state index in [0.717, 1.165) is 6.07 Å². The summed E-state index contributed by atoms with van der Waals surface area (Å²) in [4.78, 5) is 13.1. The first-order chi connectivity index (χ1) is 9.73. The summed E-state index contributed by atoms with van der Waals surface area (Å²) in [5.41, 5.74) is 0.623. The second kappa shape index (κ2) is 7.54. The van der Waals surface area contributed by atoms with E-state index in [2.05, 4.69) is 0 Å². The lowest BCUT2D eigenvalue weighted by molar-refractivity contribution is -0.145. The third-order valence-corrected chi connectivity index (χ3v) is 3.09. The molecule has 0 N–H and O–H groups in total. The number of nitrogens with zero attached hydrogens (tertiary/aromatic N) is 1. The first-order valence-corrected chi connectivity index (χ1v) is 6.81. The molecule has 0 heterocycles. The topological polar surface area (TPSA) is 20.3 Å². The predicted octanol–water partition coefficient (Wildman–Crippen LogP) is 3.98. The lowest BCUT2D eigenvalue weighted by Crippen LogP contribution is -2.36. The average Bonchev–Trinajstić information content (AvgIpc) is 2.37. The van der Waals surface area contributed by atoms with E-state index in [1.807, 2.05) is 0 Å². The van der Waals surface area contributed by atoms with Crippen LogP contribution in [0.5, 0.6) is 0 Å². The van der Waals surface area contributed by atoms with E-state index in [1.165, 1.54) is 17.0 Å². The van der Waals surface area contributed by atoms with E-state index in [4.69, 9.17) is 0 Å². The first-order valence-electron chi connectivity index (χ1n) is 6.81. The molecule has 2 nitrogen and oxygen atoms in total. The zero-order valence-corrected chi connectivity index (χ0v) is 12.1. The molecule has 0 saturated heterocycles. The number of Topliss-reactive ketones (excluding diaryl/α,β-unsaturated/α-hetero) is 1. The van der Waals surface area contributed by atoms with Crippen LogP contribution in [0.1, 0.15) is 35.7 Å². The van der Waals surface area contributed by atoms with Crippen molar-refractivity contribution >= 4 is 5.78 Å². The van der Waals surface area contributed by atoms with Gasteiger partial charge in [0.2, 0.25) is 0 Å². The lowest BCUT2D eigenvalue weighted by Gasteiger charge is -2.22. The summed E-state index contributed by atoms with van der Waals surface area (Å²) >= 11 is 0. The SMILES string of the molecule is CCCN(CCC(=O)c1ccc(C)c(F)c1)CC(F)(F)F. The van der Waals surface area contributed by atoms with Crippen LogP contribution in [-0.2, 0) is 0 Å². The maximum absolute atomic E-state index is 13.4. The number of benzene rings is 1. The molecule has 6 heteroatoms. The van der Waals surface area contributed by atoms with Gasteiger partial charge < -0.3 is 0 Å². The number of carbonyl (C=O) groups is 1. The van der Waals surface area contributed by atoms with Crippen LogP contribution < -0.4 is 0 Å². The van der Waals surface area contributed by atoms with Gasteiger partial charge in [-0.05, 0) is 31.5 Å². The molecule has 0 aliphatic carbocycles. The smallest absolute Gasteiger partial charge is 0.295 e. The summed E-state index contributed by atoms with van der Waals surface area (Å²) in [7, 11) is 0. The predicted molar refractivity (Wildman–Crippen MR) is 72.9 cm³/mol. The number of carbonyl (C=O) groups excluding carboxylic acids is 1. The summed E-state index contributed by atoms with van der Waals surface area (Å²) in [5, 5.41) is 0. The molecule has 0 aliphatic heterocycles. The maximum Gasteiger partial charge on any atom is 0.401 e. The average molecular weight is 305 g/mol.